The van der Waals surface area contributed by atoms with Gasteiger partial charge >= 0.3 is 0 Å². The molecule has 2 nitrogen and oxygen atoms in total. The Labute approximate surface area is 61.0 Å². The van der Waals surface area contributed by atoms with Crippen LogP contribution in [0.25, 0.3) is 0 Å². The van der Waals surface area contributed by atoms with Crippen molar-refractivity contribution in [3.05, 3.63) is 0 Å². The molecular weight excluding hydrogens is 216 g/mol. The summed E-state index contributed by atoms with van der Waals surface area (Å²) in [7, 11) is 0. The summed E-state index contributed by atoms with van der Waals surface area (Å²) in [5.74, 6) is -0.833. The molecule has 6 heavy (non-hydrogen) atoms. The van der Waals surface area contributed by atoms with Crippen LogP contribution in [-0.4, -0.2) is 11.1 Å². The zero-order valence-corrected chi connectivity index (χ0v) is 6.01. The quantitative estimate of drug-likeness (QED) is 0.586. The number of aliphatic carboxylic acids is 1. The molecule has 0 aromatic rings. The molecule has 0 aliphatic rings. The molecule has 0 atom stereocenters. The molecule has 0 bridgehead atoms. The molecule has 1 radical (unpaired) electrons. The standard InChI is InChI=1S/C2H4O2.Cu.Mo/c1-2(3)4;;/h1H3,(H,3,4);;. The van der Waals surface area contributed by atoms with Gasteiger partial charge in [0.25, 0.3) is 5.97 Å². The molecule has 0 unspecified atom stereocenters. The van der Waals surface area contributed by atoms with E-state index in [1.807, 2.05) is 0 Å². The molecule has 0 aromatic carbocycles. The van der Waals surface area contributed by atoms with Crippen LogP contribution in [0.4, 0.5) is 0 Å². The molecule has 0 aliphatic heterocycles. The predicted molar refractivity (Wildman–Crippen MR) is 13.3 cm³/mol. The summed E-state index contributed by atoms with van der Waals surface area (Å²) >= 11 is 0. The first-order chi connectivity index (χ1) is 1.73. The summed E-state index contributed by atoms with van der Waals surface area (Å²) in [4.78, 5) is 9.00. The van der Waals surface area contributed by atoms with Gasteiger partial charge in [-0.2, -0.15) is 0 Å². The number of carboxylic acids is 1. The first-order valence-corrected chi connectivity index (χ1v) is 0.928. The minimum absolute atomic E-state index is 0. The molecule has 0 heterocycles. The van der Waals surface area contributed by atoms with Gasteiger partial charge in [0.05, 0.1) is 0 Å². The molecule has 4 heteroatoms. The van der Waals surface area contributed by atoms with Crippen LogP contribution < -0.4 is 0 Å². The SMILES string of the molecule is CC(=O)O.[Cu].[Mo]. The number of carboxylic acid groups (broad SMARTS) is 1. The molecule has 0 fully saturated rings. The fraction of sp³-hybridized carbons (Fsp3) is 0.500. The van der Waals surface area contributed by atoms with Gasteiger partial charge in [-0.05, 0) is 0 Å². The number of hydrogen-bond donors (Lipinski definition) is 1. The van der Waals surface area contributed by atoms with Crippen LogP contribution in [0.15, 0.2) is 0 Å². The van der Waals surface area contributed by atoms with Gasteiger partial charge in [0.1, 0.15) is 0 Å². The zero-order chi connectivity index (χ0) is 3.58. The fourth-order valence-corrected chi connectivity index (χ4v) is 0. The Morgan fingerprint density at radius 1 is 1.67 bits per heavy atom. The van der Waals surface area contributed by atoms with E-state index in [0.717, 1.165) is 6.92 Å². The van der Waals surface area contributed by atoms with Crippen LogP contribution in [0.5, 0.6) is 0 Å². The fourth-order valence-electron chi connectivity index (χ4n) is 0. The molecule has 0 amide bonds. The second-order valence-electron chi connectivity index (χ2n) is 0.519. The average Bonchev–Trinajstić information content (AvgIpc) is 0.811. The first-order valence-electron chi connectivity index (χ1n) is 0.928. The molecule has 1 N–H and O–H groups in total. The third-order valence-corrected chi connectivity index (χ3v) is 0. The maximum Gasteiger partial charge on any atom is 0.300 e. The summed E-state index contributed by atoms with van der Waals surface area (Å²) in [6.07, 6.45) is 0. The largest absolute Gasteiger partial charge is 0.481 e. The van der Waals surface area contributed by atoms with Crippen LogP contribution in [0.2, 0.25) is 0 Å². The van der Waals surface area contributed by atoms with E-state index in [0.29, 0.717) is 0 Å². The second-order valence-corrected chi connectivity index (χ2v) is 0.519. The molecule has 41 valence electrons. The van der Waals surface area contributed by atoms with Gasteiger partial charge < -0.3 is 5.11 Å². The number of rotatable bonds is 0. The van der Waals surface area contributed by atoms with Gasteiger partial charge in [-0.15, -0.1) is 0 Å². The molecule has 0 saturated carbocycles. The number of carbonyl (C=O) groups is 1. The van der Waals surface area contributed by atoms with Crippen molar-refractivity contribution in [3.63, 3.8) is 0 Å². The third-order valence-electron chi connectivity index (χ3n) is 0. The van der Waals surface area contributed by atoms with E-state index < -0.39 is 5.97 Å². The minimum atomic E-state index is -0.833. The molecule has 0 aliphatic carbocycles. The van der Waals surface area contributed by atoms with Crippen LogP contribution in [0.3, 0.4) is 0 Å². The van der Waals surface area contributed by atoms with E-state index in [-0.39, 0.29) is 38.1 Å². The monoisotopic (exact) mass is 221 g/mol. The van der Waals surface area contributed by atoms with E-state index in [4.69, 9.17) is 9.90 Å². The minimum Gasteiger partial charge on any atom is -0.481 e. The maximum absolute atomic E-state index is 9.00. The Hall–Kier alpha value is 0.678. The van der Waals surface area contributed by atoms with E-state index >= 15 is 0 Å². The normalized spacial score (nSPS) is 4.17. The smallest absolute Gasteiger partial charge is 0.300 e. The van der Waals surface area contributed by atoms with Crippen molar-refractivity contribution < 1.29 is 48.0 Å². The Morgan fingerprint density at radius 2 is 1.67 bits per heavy atom. The zero-order valence-electron chi connectivity index (χ0n) is 3.07. The van der Waals surface area contributed by atoms with Gasteiger partial charge in [-0.1, -0.05) is 0 Å². The van der Waals surface area contributed by atoms with Gasteiger partial charge in [-0.25, -0.2) is 0 Å². The van der Waals surface area contributed by atoms with Crippen molar-refractivity contribution in [2.24, 2.45) is 0 Å². The summed E-state index contributed by atoms with van der Waals surface area (Å²) in [5.41, 5.74) is 0. The van der Waals surface area contributed by atoms with Crippen molar-refractivity contribution in [1.29, 1.82) is 0 Å². The summed E-state index contributed by atoms with van der Waals surface area (Å²) in [5, 5.41) is 7.42. The van der Waals surface area contributed by atoms with Gasteiger partial charge in [-0.3, -0.25) is 4.79 Å². The Balaban J connectivity index is -0.0000000450. The molecule has 0 spiro atoms. The van der Waals surface area contributed by atoms with E-state index in [1.165, 1.54) is 0 Å². The van der Waals surface area contributed by atoms with Gasteiger partial charge in [0.2, 0.25) is 0 Å². The Bertz CT molecular complexity index is 34.5. The second kappa shape index (κ2) is 9.19. The predicted octanol–water partition coefficient (Wildman–Crippen LogP) is 0.0859. The van der Waals surface area contributed by atoms with E-state index in [9.17, 15) is 0 Å². The molecule has 0 saturated heterocycles. The van der Waals surface area contributed by atoms with Crippen LogP contribution in [-0.2, 0) is 42.9 Å². The maximum atomic E-state index is 9.00. The van der Waals surface area contributed by atoms with Crippen molar-refractivity contribution in [3.8, 4) is 0 Å². The molecular formula is C2H4CuMoO2. The third kappa shape index (κ3) is 138. The summed E-state index contributed by atoms with van der Waals surface area (Å²) < 4.78 is 0. The average molecular weight is 220 g/mol. The van der Waals surface area contributed by atoms with Crippen molar-refractivity contribution >= 4 is 5.97 Å². The first kappa shape index (κ1) is 15.9. The Kier molecular flexibility index (Phi) is 24.4. The summed E-state index contributed by atoms with van der Waals surface area (Å²) in [6.45, 7) is 1.08. The molecule has 0 aromatic heterocycles. The van der Waals surface area contributed by atoms with Crippen LogP contribution in [0, 0.1) is 0 Å². The topological polar surface area (TPSA) is 37.3 Å². The summed E-state index contributed by atoms with van der Waals surface area (Å²) in [6, 6.07) is 0. The Morgan fingerprint density at radius 3 is 1.67 bits per heavy atom. The van der Waals surface area contributed by atoms with E-state index in [2.05, 4.69) is 0 Å². The van der Waals surface area contributed by atoms with Crippen molar-refractivity contribution in [2.75, 3.05) is 0 Å². The van der Waals surface area contributed by atoms with Gasteiger partial charge in [0, 0.05) is 45.1 Å². The van der Waals surface area contributed by atoms with Gasteiger partial charge in [0.15, 0.2) is 0 Å². The van der Waals surface area contributed by atoms with Crippen LogP contribution >= 0.6 is 0 Å². The number of hydrogen-bond acceptors (Lipinski definition) is 1. The van der Waals surface area contributed by atoms with Crippen molar-refractivity contribution in [1.82, 2.24) is 0 Å². The van der Waals surface area contributed by atoms with Crippen molar-refractivity contribution in [2.45, 2.75) is 6.92 Å². The molecule has 0 rings (SSSR count). The van der Waals surface area contributed by atoms with Crippen LogP contribution in [0.1, 0.15) is 6.92 Å². The van der Waals surface area contributed by atoms with E-state index in [1.54, 1.807) is 0 Å².